The number of rotatable bonds is 4. The third kappa shape index (κ3) is 3.79. The first-order valence-corrected chi connectivity index (χ1v) is 9.41. The van der Waals surface area contributed by atoms with Crippen molar-refractivity contribution in [3.05, 3.63) is 36.5 Å². The molecule has 0 spiro atoms. The first-order chi connectivity index (χ1) is 12.3. The molecule has 0 atom stereocenters. The highest BCUT2D eigenvalue weighted by Crippen LogP contribution is 2.31. The summed E-state index contributed by atoms with van der Waals surface area (Å²) < 4.78 is 0. The van der Waals surface area contributed by atoms with Gasteiger partial charge in [-0.3, -0.25) is 9.78 Å². The maximum Gasteiger partial charge on any atom is 0.222 e. The van der Waals surface area contributed by atoms with Crippen molar-refractivity contribution in [2.45, 2.75) is 44.9 Å². The van der Waals surface area contributed by atoms with Gasteiger partial charge in [0, 0.05) is 37.8 Å². The third-order valence-corrected chi connectivity index (χ3v) is 5.65. The van der Waals surface area contributed by atoms with Gasteiger partial charge in [0.05, 0.1) is 11.9 Å². The summed E-state index contributed by atoms with van der Waals surface area (Å²) in [5.74, 6) is 2.31. The zero-order chi connectivity index (χ0) is 17.1. The minimum absolute atomic E-state index is 0.350. The molecular weight excluding hydrogens is 316 g/mol. The van der Waals surface area contributed by atoms with Crippen LogP contribution in [0.1, 0.15) is 44.9 Å². The molecular formula is C19H26N4O2. The molecule has 0 bridgehead atoms. The van der Waals surface area contributed by atoms with Gasteiger partial charge in [-0.15, -0.1) is 0 Å². The Balaban J connectivity index is 1.29. The molecule has 134 valence electrons. The summed E-state index contributed by atoms with van der Waals surface area (Å²) in [6.45, 7) is 1.68. The standard InChI is InChI=1S/C19H26N4O2/c24-19(13-15-3-1-2-4-15)22-11-7-16(8-12-22)18-14-23(21-25-18)17-5-9-20-10-6-17/h5-6,9-10,14-16,21H,1-4,7-8,11-13H2. The van der Waals surface area contributed by atoms with Crippen molar-refractivity contribution in [3.63, 3.8) is 0 Å². The van der Waals surface area contributed by atoms with Crippen molar-refractivity contribution in [1.29, 1.82) is 0 Å². The molecule has 1 saturated heterocycles. The zero-order valence-electron chi connectivity index (χ0n) is 14.6. The third-order valence-electron chi connectivity index (χ3n) is 5.65. The number of hydrogen-bond acceptors (Lipinski definition) is 5. The lowest BCUT2D eigenvalue weighted by Crippen LogP contribution is -2.39. The number of likely N-dealkylation sites (tertiary alicyclic amines) is 1. The van der Waals surface area contributed by atoms with Crippen LogP contribution in [0, 0.1) is 11.8 Å². The van der Waals surface area contributed by atoms with E-state index >= 15 is 0 Å². The van der Waals surface area contributed by atoms with Crippen LogP contribution in [0.3, 0.4) is 0 Å². The van der Waals surface area contributed by atoms with Gasteiger partial charge in [0.15, 0.2) is 0 Å². The van der Waals surface area contributed by atoms with Crippen molar-refractivity contribution in [2.24, 2.45) is 11.8 Å². The molecule has 3 aliphatic rings. The van der Waals surface area contributed by atoms with E-state index in [-0.39, 0.29) is 0 Å². The van der Waals surface area contributed by atoms with E-state index in [4.69, 9.17) is 4.84 Å². The van der Waals surface area contributed by atoms with Crippen molar-refractivity contribution >= 4 is 11.6 Å². The Morgan fingerprint density at radius 1 is 1.16 bits per heavy atom. The van der Waals surface area contributed by atoms with Gasteiger partial charge in [0.1, 0.15) is 5.76 Å². The molecule has 2 aliphatic heterocycles. The first-order valence-electron chi connectivity index (χ1n) is 9.41. The van der Waals surface area contributed by atoms with Crippen LogP contribution in [-0.2, 0) is 9.63 Å². The number of nitrogens with one attached hydrogen (secondary N) is 1. The van der Waals surface area contributed by atoms with Gasteiger partial charge in [-0.2, -0.15) is 0 Å². The molecule has 1 aromatic rings. The fraction of sp³-hybridized carbons (Fsp3) is 0.579. The van der Waals surface area contributed by atoms with E-state index in [2.05, 4.69) is 15.5 Å². The highest BCUT2D eigenvalue weighted by molar-refractivity contribution is 5.76. The summed E-state index contributed by atoms with van der Waals surface area (Å²) in [4.78, 5) is 24.2. The van der Waals surface area contributed by atoms with Gasteiger partial charge >= 0.3 is 0 Å². The highest BCUT2D eigenvalue weighted by Gasteiger charge is 2.30. The van der Waals surface area contributed by atoms with Gasteiger partial charge in [-0.25, -0.2) is 5.01 Å². The van der Waals surface area contributed by atoms with Crippen LogP contribution in [0.25, 0.3) is 0 Å². The Morgan fingerprint density at radius 3 is 2.60 bits per heavy atom. The fourth-order valence-electron chi connectivity index (χ4n) is 4.11. The normalized spacial score (nSPS) is 22.2. The number of amides is 1. The van der Waals surface area contributed by atoms with E-state index in [9.17, 15) is 4.79 Å². The summed E-state index contributed by atoms with van der Waals surface area (Å²) in [7, 11) is 0. The number of carbonyl (C=O) groups excluding carboxylic acids is 1. The number of hydrazine groups is 1. The molecule has 3 heterocycles. The van der Waals surface area contributed by atoms with E-state index < -0.39 is 0 Å². The lowest BCUT2D eigenvalue weighted by atomic mass is 9.94. The second kappa shape index (κ2) is 7.44. The number of anilines is 1. The Hall–Kier alpha value is -2.08. The molecule has 2 fully saturated rings. The molecule has 6 nitrogen and oxygen atoms in total. The summed E-state index contributed by atoms with van der Waals surface area (Å²) in [6.07, 6.45) is 13.3. The number of pyridine rings is 1. The van der Waals surface area contributed by atoms with Crippen molar-refractivity contribution in [2.75, 3.05) is 18.1 Å². The van der Waals surface area contributed by atoms with Crippen molar-refractivity contribution in [3.8, 4) is 0 Å². The summed E-state index contributed by atoms with van der Waals surface area (Å²) >= 11 is 0. The number of aromatic nitrogens is 1. The number of carbonyl (C=O) groups is 1. The monoisotopic (exact) mass is 342 g/mol. The van der Waals surface area contributed by atoms with E-state index in [0.29, 0.717) is 17.7 Å². The zero-order valence-corrected chi connectivity index (χ0v) is 14.6. The Morgan fingerprint density at radius 2 is 1.88 bits per heavy atom. The minimum atomic E-state index is 0.350. The molecule has 1 aliphatic carbocycles. The average molecular weight is 342 g/mol. The van der Waals surface area contributed by atoms with Crippen molar-refractivity contribution in [1.82, 2.24) is 15.5 Å². The van der Waals surface area contributed by atoms with Gasteiger partial charge < -0.3 is 9.74 Å². The van der Waals surface area contributed by atoms with E-state index in [1.165, 1.54) is 25.7 Å². The molecule has 25 heavy (non-hydrogen) atoms. The lowest BCUT2D eigenvalue weighted by Gasteiger charge is -2.32. The molecule has 1 aromatic heterocycles. The van der Waals surface area contributed by atoms with Crippen molar-refractivity contribution < 1.29 is 9.63 Å². The maximum atomic E-state index is 12.5. The van der Waals surface area contributed by atoms with Crippen LogP contribution in [0.5, 0.6) is 0 Å². The smallest absolute Gasteiger partial charge is 0.222 e. The van der Waals surface area contributed by atoms with Crippen LogP contribution in [0.15, 0.2) is 36.5 Å². The second-order valence-electron chi connectivity index (χ2n) is 7.31. The molecule has 4 rings (SSSR count). The first kappa shape index (κ1) is 16.4. The van der Waals surface area contributed by atoms with Crippen LogP contribution in [0.2, 0.25) is 0 Å². The minimum Gasteiger partial charge on any atom is -0.391 e. The molecule has 0 unspecified atom stereocenters. The number of hydrogen-bond donors (Lipinski definition) is 1. The van der Waals surface area contributed by atoms with E-state index in [0.717, 1.165) is 43.8 Å². The number of nitrogens with zero attached hydrogens (tertiary/aromatic N) is 3. The maximum absolute atomic E-state index is 12.5. The predicted molar refractivity (Wildman–Crippen MR) is 94.9 cm³/mol. The van der Waals surface area contributed by atoms with Crippen LogP contribution in [0.4, 0.5) is 5.69 Å². The topological polar surface area (TPSA) is 57.7 Å². The molecule has 1 saturated carbocycles. The average Bonchev–Trinajstić information content (AvgIpc) is 3.34. The second-order valence-corrected chi connectivity index (χ2v) is 7.31. The predicted octanol–water partition coefficient (Wildman–Crippen LogP) is 3.00. The Kier molecular flexibility index (Phi) is 4.88. The fourth-order valence-corrected chi connectivity index (χ4v) is 4.11. The van der Waals surface area contributed by atoms with E-state index in [1.807, 2.05) is 23.3 Å². The van der Waals surface area contributed by atoms with E-state index in [1.54, 1.807) is 12.4 Å². The molecule has 0 aromatic carbocycles. The highest BCUT2D eigenvalue weighted by atomic mass is 16.7. The molecule has 1 amide bonds. The lowest BCUT2D eigenvalue weighted by molar-refractivity contribution is -0.133. The van der Waals surface area contributed by atoms with Crippen LogP contribution < -0.4 is 10.6 Å². The van der Waals surface area contributed by atoms with Gasteiger partial charge in [0.25, 0.3) is 0 Å². The SMILES string of the molecule is O=C(CC1CCCC1)N1CCC(C2=CN(c3ccncc3)NO2)CC1. The summed E-state index contributed by atoms with van der Waals surface area (Å²) in [6, 6.07) is 3.86. The molecule has 1 N–H and O–H groups in total. The largest absolute Gasteiger partial charge is 0.391 e. The Labute approximate surface area is 148 Å². The molecule has 6 heteroatoms. The van der Waals surface area contributed by atoms with Gasteiger partial charge in [-0.1, -0.05) is 18.4 Å². The van der Waals surface area contributed by atoms with Gasteiger partial charge in [0.2, 0.25) is 5.91 Å². The van der Waals surface area contributed by atoms with Crippen LogP contribution >= 0.6 is 0 Å². The Bertz CT molecular complexity index is 620. The van der Waals surface area contributed by atoms with Gasteiger partial charge in [-0.05, 0) is 43.7 Å². The summed E-state index contributed by atoms with van der Waals surface area (Å²) in [5, 5.41) is 1.87. The quantitative estimate of drug-likeness (QED) is 0.911. The van der Waals surface area contributed by atoms with Crippen LogP contribution in [-0.4, -0.2) is 28.9 Å². The summed E-state index contributed by atoms with van der Waals surface area (Å²) in [5.41, 5.74) is 3.93. The molecule has 0 radical (unpaired) electrons. The number of allylic oxidation sites excluding steroid dienone is 1. The number of piperidine rings is 1.